The van der Waals surface area contributed by atoms with Crippen molar-refractivity contribution in [3.8, 4) is 0 Å². The predicted octanol–water partition coefficient (Wildman–Crippen LogP) is 1.72. The van der Waals surface area contributed by atoms with Crippen LogP contribution in [0.15, 0.2) is 42.7 Å². The first-order valence-corrected chi connectivity index (χ1v) is 6.51. The Hall–Kier alpha value is -2.56. The zero-order valence-electron chi connectivity index (χ0n) is 11.3. The minimum atomic E-state index is -0.492. The lowest BCUT2D eigenvalue weighted by atomic mass is 10.1. The molecule has 0 aliphatic heterocycles. The average molecular weight is 268 g/mol. The predicted molar refractivity (Wildman–Crippen MR) is 77.4 cm³/mol. The van der Waals surface area contributed by atoms with E-state index in [1.165, 1.54) is 16.5 Å². The first-order valence-electron chi connectivity index (χ1n) is 6.51. The van der Waals surface area contributed by atoms with E-state index < -0.39 is 5.91 Å². The van der Waals surface area contributed by atoms with Crippen LogP contribution >= 0.6 is 0 Å². The Morgan fingerprint density at radius 1 is 1.30 bits per heavy atom. The molecule has 1 amide bonds. The van der Waals surface area contributed by atoms with Gasteiger partial charge in [-0.1, -0.05) is 18.2 Å². The van der Waals surface area contributed by atoms with Crippen LogP contribution in [0.1, 0.15) is 16.1 Å². The van der Waals surface area contributed by atoms with Crippen LogP contribution in [-0.4, -0.2) is 20.3 Å². The molecule has 0 bridgehead atoms. The first kappa shape index (κ1) is 12.5. The zero-order chi connectivity index (χ0) is 14.1. The van der Waals surface area contributed by atoms with E-state index in [0.717, 1.165) is 13.0 Å². The van der Waals surface area contributed by atoms with Gasteiger partial charge < -0.3 is 10.3 Å². The highest BCUT2D eigenvalue weighted by Crippen LogP contribution is 2.20. The molecule has 0 spiro atoms. The van der Waals surface area contributed by atoms with E-state index in [9.17, 15) is 4.79 Å². The molecule has 3 aromatic rings. The molecule has 2 heterocycles. The van der Waals surface area contributed by atoms with Crippen LogP contribution in [0, 0.1) is 0 Å². The lowest BCUT2D eigenvalue weighted by Crippen LogP contribution is -2.12. The lowest BCUT2D eigenvalue weighted by molar-refractivity contribution is 0.0994. The summed E-state index contributed by atoms with van der Waals surface area (Å²) in [5, 5.41) is 5.41. The fraction of sp³-hybridized carbons (Fsp3) is 0.200. The van der Waals surface area contributed by atoms with Gasteiger partial charge in [0.1, 0.15) is 5.69 Å². The highest BCUT2D eigenvalue weighted by Gasteiger charge is 2.08. The molecule has 0 atom stereocenters. The number of carbonyl (C=O) groups is 1. The minimum Gasteiger partial charge on any atom is -0.364 e. The van der Waals surface area contributed by atoms with Crippen molar-refractivity contribution in [1.82, 2.24) is 14.3 Å². The number of aryl methyl sites for hydroxylation is 3. The molecule has 5 heteroatoms. The molecule has 3 rings (SSSR count). The molecule has 0 saturated carbocycles. The van der Waals surface area contributed by atoms with Gasteiger partial charge in [-0.05, 0) is 24.1 Å². The molecule has 2 N–H and O–H groups in total. The maximum atomic E-state index is 11.0. The lowest BCUT2D eigenvalue weighted by Gasteiger charge is -2.00. The maximum Gasteiger partial charge on any atom is 0.269 e. The van der Waals surface area contributed by atoms with E-state index in [1.54, 1.807) is 16.9 Å². The van der Waals surface area contributed by atoms with Crippen LogP contribution in [-0.2, 0) is 20.0 Å². The summed E-state index contributed by atoms with van der Waals surface area (Å²) in [6.07, 6.45) is 4.79. The van der Waals surface area contributed by atoms with Gasteiger partial charge in [-0.15, -0.1) is 0 Å². The van der Waals surface area contributed by atoms with E-state index >= 15 is 0 Å². The molecule has 102 valence electrons. The van der Waals surface area contributed by atoms with Crippen molar-refractivity contribution < 1.29 is 4.79 Å². The molecular weight excluding hydrogens is 252 g/mol. The fourth-order valence-corrected chi connectivity index (χ4v) is 2.48. The Labute approximate surface area is 116 Å². The second-order valence-electron chi connectivity index (χ2n) is 4.86. The van der Waals surface area contributed by atoms with Crippen molar-refractivity contribution >= 4 is 16.8 Å². The molecule has 0 aliphatic carbocycles. The van der Waals surface area contributed by atoms with Gasteiger partial charge in [0.25, 0.3) is 5.91 Å². The van der Waals surface area contributed by atoms with Crippen LogP contribution in [0.4, 0.5) is 0 Å². The number of benzene rings is 1. The van der Waals surface area contributed by atoms with Gasteiger partial charge in [0.05, 0.1) is 0 Å². The number of primary amides is 1. The van der Waals surface area contributed by atoms with Crippen LogP contribution in [0.2, 0.25) is 0 Å². The normalized spacial score (nSPS) is 11.1. The van der Waals surface area contributed by atoms with Crippen molar-refractivity contribution in [2.45, 2.75) is 13.0 Å². The number of carbonyl (C=O) groups excluding carboxylic acids is 1. The Bertz CT molecular complexity index is 769. The second-order valence-corrected chi connectivity index (χ2v) is 4.86. The maximum absolute atomic E-state index is 11.0. The van der Waals surface area contributed by atoms with E-state index in [2.05, 4.69) is 28.0 Å². The quantitative estimate of drug-likeness (QED) is 0.783. The average Bonchev–Trinajstić information content (AvgIpc) is 3.03. The van der Waals surface area contributed by atoms with Crippen LogP contribution in [0.25, 0.3) is 10.9 Å². The molecule has 0 fully saturated rings. The number of nitrogens with zero attached hydrogens (tertiary/aromatic N) is 3. The highest BCUT2D eigenvalue weighted by molar-refractivity contribution is 5.90. The van der Waals surface area contributed by atoms with Gasteiger partial charge in [0.2, 0.25) is 0 Å². The molecular formula is C15H16N4O. The van der Waals surface area contributed by atoms with Crippen LogP contribution < -0.4 is 5.73 Å². The Balaban J connectivity index is 1.81. The summed E-state index contributed by atoms with van der Waals surface area (Å²) in [4.78, 5) is 11.0. The standard InChI is InChI=1S/C15H16N4O/c1-18-10-11(12-4-2-3-5-14(12)18)6-8-19-9-7-13(17-19)15(16)20/h2-5,7,9-10H,6,8H2,1H3,(H2,16,20). The minimum absolute atomic E-state index is 0.308. The molecule has 1 aromatic carbocycles. The number of aromatic nitrogens is 3. The summed E-state index contributed by atoms with van der Waals surface area (Å²) in [5.41, 5.74) is 8.00. The molecule has 20 heavy (non-hydrogen) atoms. The largest absolute Gasteiger partial charge is 0.364 e. The van der Waals surface area contributed by atoms with Crippen molar-refractivity contribution in [2.75, 3.05) is 0 Å². The van der Waals surface area contributed by atoms with Gasteiger partial charge in [-0.2, -0.15) is 5.10 Å². The first-order chi connectivity index (χ1) is 9.65. The number of nitrogens with two attached hydrogens (primary N) is 1. The number of fused-ring (bicyclic) bond motifs is 1. The zero-order valence-corrected chi connectivity index (χ0v) is 11.3. The summed E-state index contributed by atoms with van der Waals surface area (Å²) >= 11 is 0. The van der Waals surface area contributed by atoms with Crippen molar-refractivity contribution in [1.29, 1.82) is 0 Å². The Kier molecular flexibility index (Phi) is 3.02. The number of hydrogen-bond acceptors (Lipinski definition) is 2. The third kappa shape index (κ3) is 2.18. The third-order valence-corrected chi connectivity index (χ3v) is 3.48. The van der Waals surface area contributed by atoms with Crippen molar-refractivity contribution in [3.05, 3.63) is 54.0 Å². The van der Waals surface area contributed by atoms with E-state index in [1.807, 2.05) is 19.2 Å². The van der Waals surface area contributed by atoms with E-state index in [4.69, 9.17) is 5.73 Å². The molecule has 5 nitrogen and oxygen atoms in total. The van der Waals surface area contributed by atoms with Crippen LogP contribution in [0.3, 0.4) is 0 Å². The monoisotopic (exact) mass is 268 g/mol. The molecule has 2 aromatic heterocycles. The molecule has 0 aliphatic rings. The number of amides is 1. The topological polar surface area (TPSA) is 65.8 Å². The SMILES string of the molecule is Cn1cc(CCn2ccc(C(N)=O)n2)c2ccccc21. The molecule has 0 saturated heterocycles. The van der Waals surface area contributed by atoms with E-state index in [-0.39, 0.29) is 0 Å². The van der Waals surface area contributed by atoms with E-state index in [0.29, 0.717) is 5.69 Å². The summed E-state index contributed by atoms with van der Waals surface area (Å²) < 4.78 is 3.88. The second kappa shape index (κ2) is 4.85. The third-order valence-electron chi connectivity index (χ3n) is 3.48. The van der Waals surface area contributed by atoms with Crippen LogP contribution in [0.5, 0.6) is 0 Å². The van der Waals surface area contributed by atoms with Gasteiger partial charge in [0.15, 0.2) is 0 Å². The van der Waals surface area contributed by atoms with Gasteiger partial charge in [-0.25, -0.2) is 0 Å². The van der Waals surface area contributed by atoms with Crippen molar-refractivity contribution in [2.24, 2.45) is 12.8 Å². The van der Waals surface area contributed by atoms with Gasteiger partial charge in [0, 0.05) is 36.9 Å². The number of hydrogen-bond donors (Lipinski definition) is 1. The highest BCUT2D eigenvalue weighted by atomic mass is 16.1. The van der Waals surface area contributed by atoms with Gasteiger partial charge >= 0.3 is 0 Å². The Morgan fingerprint density at radius 3 is 2.85 bits per heavy atom. The fourth-order valence-electron chi connectivity index (χ4n) is 2.48. The molecule has 0 unspecified atom stereocenters. The number of rotatable bonds is 4. The summed E-state index contributed by atoms with van der Waals surface area (Å²) in [6.45, 7) is 0.723. The summed E-state index contributed by atoms with van der Waals surface area (Å²) in [7, 11) is 2.05. The smallest absolute Gasteiger partial charge is 0.269 e. The Morgan fingerprint density at radius 2 is 2.10 bits per heavy atom. The summed E-state index contributed by atoms with van der Waals surface area (Å²) in [6, 6.07) is 9.97. The molecule has 0 radical (unpaired) electrons. The number of para-hydroxylation sites is 1. The summed E-state index contributed by atoms with van der Waals surface area (Å²) in [5.74, 6) is -0.492. The van der Waals surface area contributed by atoms with Gasteiger partial charge in [-0.3, -0.25) is 9.48 Å². The van der Waals surface area contributed by atoms with Crippen molar-refractivity contribution in [3.63, 3.8) is 0 Å².